The largest absolute Gasteiger partial charge is 0.487 e. The molecule has 0 aromatic heterocycles. The highest BCUT2D eigenvalue weighted by molar-refractivity contribution is 14.1. The van der Waals surface area contributed by atoms with Crippen LogP contribution in [0.25, 0.3) is 6.08 Å². The number of ether oxygens (including phenoxy) is 1. The van der Waals surface area contributed by atoms with Gasteiger partial charge in [0.1, 0.15) is 23.9 Å². The number of hydrogen-bond donors (Lipinski definition) is 1. The van der Waals surface area contributed by atoms with E-state index in [-0.39, 0.29) is 23.5 Å². The van der Waals surface area contributed by atoms with Gasteiger partial charge in [-0.05, 0) is 93.1 Å². The van der Waals surface area contributed by atoms with Crippen LogP contribution in [0.5, 0.6) is 5.75 Å². The molecule has 1 saturated heterocycles. The van der Waals surface area contributed by atoms with Crippen molar-refractivity contribution in [2.45, 2.75) is 20.0 Å². The normalized spacial score (nSPS) is 15.3. The number of nitrogens with one attached hydrogen (secondary N) is 1. The van der Waals surface area contributed by atoms with Crippen molar-refractivity contribution in [3.63, 3.8) is 0 Å². The van der Waals surface area contributed by atoms with Crippen molar-refractivity contribution in [2.75, 3.05) is 6.54 Å². The number of rotatable bonds is 6. The molecule has 1 N–H and O–H groups in total. The van der Waals surface area contributed by atoms with Gasteiger partial charge < -0.3 is 10.1 Å². The highest BCUT2D eigenvalue weighted by Crippen LogP contribution is 2.31. The van der Waals surface area contributed by atoms with Crippen molar-refractivity contribution in [3.05, 3.63) is 66.2 Å². The minimum absolute atomic E-state index is 0.269. The lowest BCUT2D eigenvalue weighted by Crippen LogP contribution is -2.31. The summed E-state index contributed by atoms with van der Waals surface area (Å²) in [4.78, 5) is 25.5. The lowest BCUT2D eigenvalue weighted by Gasteiger charge is -2.12. The van der Waals surface area contributed by atoms with Crippen LogP contribution in [0.3, 0.4) is 0 Å². The first kappa shape index (κ1) is 21.0. The first-order valence-electron chi connectivity index (χ1n) is 8.60. The van der Waals surface area contributed by atoms with Gasteiger partial charge in [-0.1, -0.05) is 19.1 Å². The van der Waals surface area contributed by atoms with E-state index in [9.17, 15) is 14.0 Å². The van der Waals surface area contributed by atoms with Crippen LogP contribution in [0.2, 0.25) is 0 Å². The molecule has 8 heteroatoms. The van der Waals surface area contributed by atoms with E-state index in [1.54, 1.807) is 18.2 Å². The van der Waals surface area contributed by atoms with E-state index in [0.717, 1.165) is 24.0 Å². The predicted molar refractivity (Wildman–Crippen MR) is 121 cm³/mol. The Morgan fingerprint density at radius 2 is 1.79 bits per heavy atom. The van der Waals surface area contributed by atoms with Crippen LogP contribution in [0, 0.1) is 13.0 Å². The average molecular weight is 606 g/mol. The second-order valence-electron chi connectivity index (χ2n) is 6.17. The third-order valence-corrected chi connectivity index (χ3v) is 5.64. The Kier molecular flexibility index (Phi) is 6.91. The van der Waals surface area contributed by atoms with Crippen molar-refractivity contribution in [1.29, 1.82) is 0 Å². The van der Waals surface area contributed by atoms with E-state index >= 15 is 0 Å². The summed E-state index contributed by atoms with van der Waals surface area (Å²) >= 11 is 4.34. The van der Waals surface area contributed by atoms with E-state index in [0.29, 0.717) is 19.6 Å². The fourth-order valence-corrected chi connectivity index (χ4v) is 4.83. The molecule has 1 aliphatic rings. The number of carbonyl (C=O) groups excluding carboxylic acids is 2. The van der Waals surface area contributed by atoms with E-state index in [1.165, 1.54) is 17.0 Å². The highest BCUT2D eigenvalue weighted by Gasteiger charge is 2.32. The van der Waals surface area contributed by atoms with Crippen LogP contribution < -0.4 is 10.1 Å². The van der Waals surface area contributed by atoms with Crippen LogP contribution in [-0.4, -0.2) is 23.4 Å². The number of urea groups is 1. The average Bonchev–Trinajstić information content (AvgIpc) is 2.90. The molecule has 1 aliphatic heterocycles. The van der Waals surface area contributed by atoms with Gasteiger partial charge in [-0.2, -0.15) is 0 Å². The number of hydrogen-bond acceptors (Lipinski definition) is 3. The minimum atomic E-state index is -0.387. The number of imide groups is 1. The monoisotopic (exact) mass is 606 g/mol. The third kappa shape index (κ3) is 4.83. The second kappa shape index (κ2) is 9.21. The van der Waals surface area contributed by atoms with E-state index in [2.05, 4.69) is 50.5 Å². The minimum Gasteiger partial charge on any atom is -0.487 e. The van der Waals surface area contributed by atoms with E-state index in [1.807, 2.05) is 19.1 Å². The maximum absolute atomic E-state index is 13.0. The first-order chi connectivity index (χ1) is 13.4. The number of nitrogens with zero attached hydrogens (tertiary/aromatic N) is 1. The summed E-state index contributed by atoms with van der Waals surface area (Å²) in [5.41, 5.74) is 1.93. The fourth-order valence-electron chi connectivity index (χ4n) is 2.70. The zero-order valence-corrected chi connectivity index (χ0v) is 19.3. The highest BCUT2D eigenvalue weighted by atomic mass is 127. The zero-order valence-electron chi connectivity index (χ0n) is 15.0. The lowest BCUT2D eigenvalue weighted by molar-refractivity contribution is -0.122. The van der Waals surface area contributed by atoms with Crippen LogP contribution >= 0.6 is 45.2 Å². The third-order valence-electron chi connectivity index (χ3n) is 4.04. The second-order valence-corrected chi connectivity index (χ2v) is 8.50. The molecule has 0 atom stereocenters. The van der Waals surface area contributed by atoms with Gasteiger partial charge in [0.05, 0.1) is 7.14 Å². The lowest BCUT2D eigenvalue weighted by atomic mass is 10.2. The molecule has 2 aromatic carbocycles. The van der Waals surface area contributed by atoms with Gasteiger partial charge in [0.15, 0.2) is 0 Å². The molecule has 0 saturated carbocycles. The molecule has 0 radical (unpaired) electrons. The van der Waals surface area contributed by atoms with Crippen LogP contribution in [0.1, 0.15) is 24.5 Å². The van der Waals surface area contributed by atoms with E-state index < -0.39 is 0 Å². The summed E-state index contributed by atoms with van der Waals surface area (Å²) in [6.07, 6.45) is 2.38. The summed E-state index contributed by atoms with van der Waals surface area (Å²) in [6.45, 7) is 2.64. The molecule has 1 heterocycles. The van der Waals surface area contributed by atoms with Crippen molar-refractivity contribution in [2.24, 2.45) is 0 Å². The number of carbonyl (C=O) groups is 2. The predicted octanol–water partition coefficient (Wildman–Crippen LogP) is 4.92. The van der Waals surface area contributed by atoms with Gasteiger partial charge in [0, 0.05) is 6.54 Å². The molecule has 3 rings (SSSR count). The Morgan fingerprint density at radius 1 is 1.14 bits per heavy atom. The Bertz CT molecular complexity index is 922. The Labute approximate surface area is 189 Å². The number of halogens is 3. The van der Waals surface area contributed by atoms with Gasteiger partial charge in [-0.25, -0.2) is 9.18 Å². The van der Waals surface area contributed by atoms with Gasteiger partial charge in [-0.15, -0.1) is 0 Å². The zero-order chi connectivity index (χ0) is 20.3. The molecule has 0 spiro atoms. The Balaban J connectivity index is 1.77. The molecule has 0 unspecified atom stereocenters. The summed E-state index contributed by atoms with van der Waals surface area (Å²) in [5, 5.41) is 2.62. The Morgan fingerprint density at radius 3 is 2.39 bits per heavy atom. The summed E-state index contributed by atoms with van der Waals surface area (Å²) in [5.74, 6) is 0.131. The van der Waals surface area contributed by atoms with Crippen molar-refractivity contribution in [1.82, 2.24) is 10.2 Å². The quantitative estimate of drug-likeness (QED) is 0.289. The van der Waals surface area contributed by atoms with Gasteiger partial charge in [0.25, 0.3) is 5.91 Å². The van der Waals surface area contributed by atoms with Gasteiger partial charge in [-0.3, -0.25) is 9.69 Å². The maximum Gasteiger partial charge on any atom is 0.329 e. The number of amides is 3. The topological polar surface area (TPSA) is 58.6 Å². The molecule has 0 bridgehead atoms. The molecular weight excluding hydrogens is 589 g/mol. The molecule has 0 aliphatic carbocycles. The van der Waals surface area contributed by atoms with Gasteiger partial charge in [0.2, 0.25) is 0 Å². The van der Waals surface area contributed by atoms with E-state index in [4.69, 9.17) is 4.74 Å². The van der Waals surface area contributed by atoms with Crippen molar-refractivity contribution >= 4 is 63.2 Å². The van der Waals surface area contributed by atoms with Crippen LogP contribution in [-0.2, 0) is 11.4 Å². The SMILES string of the molecule is CCCN1C(=O)N/C(=C/c2cc(I)c(OCc3ccc(F)cc3)c(I)c2)C1=O. The first-order valence-corrected chi connectivity index (χ1v) is 10.8. The fraction of sp³-hybridized carbons (Fsp3) is 0.200. The summed E-state index contributed by atoms with van der Waals surface area (Å²) < 4.78 is 20.7. The van der Waals surface area contributed by atoms with Crippen LogP contribution in [0.4, 0.5) is 9.18 Å². The maximum atomic E-state index is 13.0. The standard InChI is InChI=1S/C20H17FI2N2O3/c1-2-7-25-19(26)17(24-20(25)27)10-13-8-15(22)18(16(23)9-13)28-11-12-3-5-14(21)6-4-12/h3-6,8-10H,2,7,11H2,1H3,(H,24,27)/b17-10+. The van der Waals surface area contributed by atoms with Crippen molar-refractivity contribution in [3.8, 4) is 5.75 Å². The molecular formula is C20H17FI2N2O3. The smallest absolute Gasteiger partial charge is 0.329 e. The summed E-state index contributed by atoms with van der Waals surface area (Å²) in [6, 6.07) is 9.56. The van der Waals surface area contributed by atoms with Crippen LogP contribution in [0.15, 0.2) is 42.1 Å². The van der Waals surface area contributed by atoms with Crippen molar-refractivity contribution < 1.29 is 18.7 Å². The molecule has 3 amide bonds. The number of benzene rings is 2. The molecule has 146 valence electrons. The van der Waals surface area contributed by atoms with Gasteiger partial charge >= 0.3 is 6.03 Å². The Hall–Kier alpha value is -1.69. The summed E-state index contributed by atoms with van der Waals surface area (Å²) in [7, 11) is 0. The molecule has 5 nitrogen and oxygen atoms in total. The molecule has 28 heavy (non-hydrogen) atoms. The molecule has 2 aromatic rings. The molecule has 1 fully saturated rings.